The number of rotatable bonds is 5. The van der Waals surface area contributed by atoms with E-state index in [1.54, 1.807) is 31.3 Å². The van der Waals surface area contributed by atoms with Crippen molar-refractivity contribution in [3.63, 3.8) is 0 Å². The normalized spacial score (nSPS) is 12.2. The minimum absolute atomic E-state index is 0.0310. The summed E-state index contributed by atoms with van der Waals surface area (Å²) in [6, 6.07) is 6.53. The summed E-state index contributed by atoms with van der Waals surface area (Å²) in [7, 11) is 1.69. The molecule has 17 heavy (non-hydrogen) atoms. The van der Waals surface area contributed by atoms with Gasteiger partial charge in [0.15, 0.2) is 0 Å². The Morgan fingerprint density at radius 3 is 2.82 bits per heavy atom. The highest BCUT2D eigenvalue weighted by Crippen LogP contribution is 2.19. The van der Waals surface area contributed by atoms with Gasteiger partial charge in [0.1, 0.15) is 5.75 Å². The zero-order valence-electron chi connectivity index (χ0n) is 10.4. The van der Waals surface area contributed by atoms with E-state index in [1.165, 1.54) is 4.90 Å². The molecule has 1 rings (SSSR count). The fourth-order valence-corrected chi connectivity index (χ4v) is 1.68. The van der Waals surface area contributed by atoms with Crippen molar-refractivity contribution in [2.75, 3.05) is 11.9 Å². The van der Waals surface area contributed by atoms with Gasteiger partial charge in [-0.3, -0.25) is 4.79 Å². The van der Waals surface area contributed by atoms with Crippen LogP contribution in [0.2, 0.25) is 0 Å². The van der Waals surface area contributed by atoms with Crippen LogP contribution in [-0.4, -0.2) is 24.1 Å². The lowest BCUT2D eigenvalue weighted by Gasteiger charge is -2.19. The van der Waals surface area contributed by atoms with Crippen LogP contribution in [0.4, 0.5) is 5.69 Å². The molecule has 0 radical (unpaired) electrons. The highest BCUT2D eigenvalue weighted by Gasteiger charge is 2.14. The fourth-order valence-electron chi connectivity index (χ4n) is 1.68. The number of anilines is 1. The summed E-state index contributed by atoms with van der Waals surface area (Å²) in [5.74, 6) is 0.122. The van der Waals surface area contributed by atoms with Crippen LogP contribution in [0.5, 0.6) is 5.75 Å². The van der Waals surface area contributed by atoms with Gasteiger partial charge in [0, 0.05) is 31.3 Å². The SMILES string of the molecule is CCCC(N)CC(=O)N(C)c1cccc(O)c1. The van der Waals surface area contributed by atoms with Crippen molar-refractivity contribution in [2.24, 2.45) is 5.73 Å². The molecule has 0 saturated carbocycles. The highest BCUT2D eigenvalue weighted by atomic mass is 16.3. The maximum Gasteiger partial charge on any atom is 0.228 e. The topological polar surface area (TPSA) is 66.6 Å². The number of nitrogens with two attached hydrogens (primary N) is 1. The Labute approximate surface area is 102 Å². The second-order valence-corrected chi connectivity index (χ2v) is 4.23. The molecule has 0 spiro atoms. The number of nitrogens with zero attached hydrogens (tertiary/aromatic N) is 1. The van der Waals surface area contributed by atoms with Crippen molar-refractivity contribution in [3.8, 4) is 5.75 Å². The molecular weight excluding hydrogens is 216 g/mol. The summed E-state index contributed by atoms with van der Waals surface area (Å²) >= 11 is 0. The lowest BCUT2D eigenvalue weighted by Crippen LogP contribution is -2.33. The zero-order chi connectivity index (χ0) is 12.8. The Morgan fingerprint density at radius 2 is 2.24 bits per heavy atom. The average Bonchev–Trinajstić information content (AvgIpc) is 2.28. The van der Waals surface area contributed by atoms with E-state index in [9.17, 15) is 9.90 Å². The van der Waals surface area contributed by atoms with E-state index in [0.717, 1.165) is 12.8 Å². The van der Waals surface area contributed by atoms with Gasteiger partial charge in [-0.2, -0.15) is 0 Å². The van der Waals surface area contributed by atoms with Crippen LogP contribution in [0.25, 0.3) is 0 Å². The number of carbonyl (C=O) groups is 1. The lowest BCUT2D eigenvalue weighted by molar-refractivity contribution is -0.118. The number of hydrogen-bond acceptors (Lipinski definition) is 3. The predicted molar refractivity (Wildman–Crippen MR) is 69.0 cm³/mol. The molecule has 1 aromatic carbocycles. The number of hydrogen-bond donors (Lipinski definition) is 2. The van der Waals surface area contributed by atoms with Crippen LogP contribution in [0.1, 0.15) is 26.2 Å². The minimum atomic E-state index is -0.0905. The average molecular weight is 236 g/mol. The summed E-state index contributed by atoms with van der Waals surface area (Å²) in [6.07, 6.45) is 2.16. The van der Waals surface area contributed by atoms with Gasteiger partial charge in [-0.15, -0.1) is 0 Å². The molecule has 1 atom stereocenters. The molecular formula is C13H20N2O2. The Kier molecular flexibility index (Phi) is 4.97. The third-order valence-electron chi connectivity index (χ3n) is 2.69. The number of phenolic OH excluding ortho intramolecular Hbond substituents is 1. The number of amides is 1. The summed E-state index contributed by atoms with van der Waals surface area (Å²) in [4.78, 5) is 13.4. The molecule has 1 amide bonds. The molecule has 0 fully saturated rings. The van der Waals surface area contributed by atoms with Gasteiger partial charge in [0.2, 0.25) is 5.91 Å². The van der Waals surface area contributed by atoms with E-state index in [4.69, 9.17) is 5.73 Å². The summed E-state index contributed by atoms with van der Waals surface area (Å²) in [6.45, 7) is 2.04. The zero-order valence-corrected chi connectivity index (χ0v) is 10.4. The van der Waals surface area contributed by atoms with Crippen LogP contribution in [0.3, 0.4) is 0 Å². The molecule has 94 valence electrons. The Bertz CT molecular complexity index is 379. The van der Waals surface area contributed by atoms with Crippen molar-refractivity contribution in [1.29, 1.82) is 0 Å². The lowest BCUT2D eigenvalue weighted by atomic mass is 10.1. The summed E-state index contributed by atoms with van der Waals surface area (Å²) in [5, 5.41) is 9.35. The first-order chi connectivity index (χ1) is 8.04. The maximum absolute atomic E-state index is 11.9. The fraction of sp³-hybridized carbons (Fsp3) is 0.462. The first-order valence-corrected chi connectivity index (χ1v) is 5.85. The molecule has 3 N–H and O–H groups in total. The van der Waals surface area contributed by atoms with Gasteiger partial charge >= 0.3 is 0 Å². The van der Waals surface area contributed by atoms with Gasteiger partial charge < -0.3 is 15.7 Å². The van der Waals surface area contributed by atoms with Gasteiger partial charge in [-0.25, -0.2) is 0 Å². The van der Waals surface area contributed by atoms with Crippen LogP contribution in [0.15, 0.2) is 24.3 Å². The highest BCUT2D eigenvalue weighted by molar-refractivity contribution is 5.93. The quantitative estimate of drug-likeness (QED) is 0.820. The molecule has 0 aliphatic rings. The second-order valence-electron chi connectivity index (χ2n) is 4.23. The molecule has 4 heteroatoms. The van der Waals surface area contributed by atoms with Gasteiger partial charge in [0.25, 0.3) is 0 Å². The third kappa shape index (κ3) is 4.07. The van der Waals surface area contributed by atoms with E-state index in [-0.39, 0.29) is 17.7 Å². The molecule has 0 heterocycles. The van der Waals surface area contributed by atoms with Crippen LogP contribution >= 0.6 is 0 Å². The maximum atomic E-state index is 11.9. The number of carbonyl (C=O) groups excluding carboxylic acids is 1. The molecule has 0 aromatic heterocycles. The molecule has 1 unspecified atom stereocenters. The van der Waals surface area contributed by atoms with E-state index in [2.05, 4.69) is 0 Å². The van der Waals surface area contributed by atoms with Crippen molar-refractivity contribution in [3.05, 3.63) is 24.3 Å². The first-order valence-electron chi connectivity index (χ1n) is 5.85. The third-order valence-corrected chi connectivity index (χ3v) is 2.69. The number of benzene rings is 1. The molecule has 4 nitrogen and oxygen atoms in total. The van der Waals surface area contributed by atoms with Crippen LogP contribution in [-0.2, 0) is 4.79 Å². The number of aromatic hydroxyl groups is 1. The Morgan fingerprint density at radius 1 is 1.53 bits per heavy atom. The van der Waals surface area contributed by atoms with Crippen molar-refractivity contribution in [1.82, 2.24) is 0 Å². The standard InChI is InChI=1S/C13H20N2O2/c1-3-5-10(14)8-13(17)15(2)11-6-4-7-12(16)9-11/h4,6-7,9-10,16H,3,5,8,14H2,1-2H3. The summed E-state index contributed by atoms with van der Waals surface area (Å²) < 4.78 is 0. The molecule has 0 aliphatic carbocycles. The van der Waals surface area contributed by atoms with Gasteiger partial charge in [0.05, 0.1) is 0 Å². The first kappa shape index (κ1) is 13.5. The van der Waals surface area contributed by atoms with Crippen molar-refractivity contribution in [2.45, 2.75) is 32.2 Å². The van der Waals surface area contributed by atoms with Gasteiger partial charge in [-0.05, 0) is 18.6 Å². The van der Waals surface area contributed by atoms with Gasteiger partial charge in [-0.1, -0.05) is 19.4 Å². The largest absolute Gasteiger partial charge is 0.508 e. The monoisotopic (exact) mass is 236 g/mol. The molecule has 0 bridgehead atoms. The van der Waals surface area contributed by atoms with Crippen molar-refractivity contribution < 1.29 is 9.90 Å². The van der Waals surface area contributed by atoms with E-state index < -0.39 is 0 Å². The number of phenols is 1. The second kappa shape index (κ2) is 6.25. The Balaban J connectivity index is 2.63. The summed E-state index contributed by atoms with van der Waals surface area (Å²) in [5.41, 5.74) is 6.51. The van der Waals surface area contributed by atoms with E-state index in [0.29, 0.717) is 12.1 Å². The molecule has 0 aliphatic heterocycles. The Hall–Kier alpha value is -1.55. The van der Waals surface area contributed by atoms with E-state index >= 15 is 0 Å². The molecule has 1 aromatic rings. The minimum Gasteiger partial charge on any atom is -0.508 e. The predicted octanol–water partition coefficient (Wildman–Crippen LogP) is 1.87. The van der Waals surface area contributed by atoms with Crippen LogP contribution < -0.4 is 10.6 Å². The smallest absolute Gasteiger partial charge is 0.228 e. The van der Waals surface area contributed by atoms with E-state index in [1.807, 2.05) is 6.92 Å². The van der Waals surface area contributed by atoms with Crippen molar-refractivity contribution >= 4 is 11.6 Å². The van der Waals surface area contributed by atoms with Crippen LogP contribution in [0, 0.1) is 0 Å². The molecule has 0 saturated heterocycles.